The highest BCUT2D eigenvalue weighted by atomic mass is 19.1. The van der Waals surface area contributed by atoms with E-state index in [1.807, 2.05) is 0 Å². The van der Waals surface area contributed by atoms with Crippen molar-refractivity contribution >= 4 is 5.69 Å². The Labute approximate surface area is 103 Å². The second-order valence-corrected chi connectivity index (χ2v) is 3.65. The molecule has 0 saturated heterocycles. The number of anilines is 1. The molecular formula is C13H12F2N2O. The lowest BCUT2D eigenvalue weighted by atomic mass is 10.3. The van der Waals surface area contributed by atoms with Crippen molar-refractivity contribution in [3.63, 3.8) is 0 Å². The summed E-state index contributed by atoms with van der Waals surface area (Å²) in [6.45, 7) is 0.289. The van der Waals surface area contributed by atoms with Crippen molar-refractivity contribution in [1.29, 1.82) is 0 Å². The second-order valence-electron chi connectivity index (χ2n) is 3.65. The summed E-state index contributed by atoms with van der Waals surface area (Å²) in [7, 11) is 1.52. The lowest BCUT2D eigenvalue weighted by molar-refractivity contribution is 0.396. The molecule has 0 atom stereocenters. The zero-order chi connectivity index (χ0) is 13.0. The first-order chi connectivity index (χ1) is 8.69. The number of aromatic nitrogens is 1. The molecule has 0 aliphatic heterocycles. The molecule has 5 heteroatoms. The van der Waals surface area contributed by atoms with Crippen LogP contribution in [-0.2, 0) is 6.54 Å². The van der Waals surface area contributed by atoms with E-state index in [0.717, 1.165) is 18.2 Å². The summed E-state index contributed by atoms with van der Waals surface area (Å²) in [5.41, 5.74) is 0.789. The van der Waals surface area contributed by atoms with Gasteiger partial charge in [-0.05, 0) is 24.3 Å². The Morgan fingerprint density at radius 1 is 1.22 bits per heavy atom. The van der Waals surface area contributed by atoms with E-state index in [4.69, 9.17) is 4.74 Å². The predicted octanol–water partition coefficient (Wildman–Crippen LogP) is 2.98. The van der Waals surface area contributed by atoms with Gasteiger partial charge < -0.3 is 10.1 Å². The van der Waals surface area contributed by atoms with Crippen LogP contribution in [-0.4, -0.2) is 12.1 Å². The van der Waals surface area contributed by atoms with Gasteiger partial charge in [0.1, 0.15) is 11.6 Å². The van der Waals surface area contributed by atoms with Crippen LogP contribution in [0.1, 0.15) is 5.69 Å². The maximum atomic E-state index is 13.3. The predicted molar refractivity (Wildman–Crippen MR) is 64.5 cm³/mol. The molecule has 1 aromatic carbocycles. The molecule has 0 saturated carbocycles. The van der Waals surface area contributed by atoms with E-state index in [1.54, 1.807) is 18.2 Å². The molecule has 0 aliphatic carbocycles. The average molecular weight is 250 g/mol. The van der Waals surface area contributed by atoms with Crippen molar-refractivity contribution in [3.8, 4) is 5.88 Å². The van der Waals surface area contributed by atoms with Gasteiger partial charge in [0, 0.05) is 6.07 Å². The smallest absolute Gasteiger partial charge is 0.213 e. The standard InChI is InChI=1S/C13H12F2N2O/c1-18-13-4-2-3-10(17-13)8-16-12-7-9(14)5-6-11(12)15/h2-7,16H,8H2,1H3. The van der Waals surface area contributed by atoms with Crippen LogP contribution in [0.25, 0.3) is 0 Å². The molecule has 94 valence electrons. The number of nitrogens with one attached hydrogen (secondary N) is 1. The topological polar surface area (TPSA) is 34.1 Å². The van der Waals surface area contributed by atoms with Crippen molar-refractivity contribution in [3.05, 3.63) is 53.7 Å². The molecule has 0 amide bonds. The van der Waals surface area contributed by atoms with Crippen molar-refractivity contribution in [2.75, 3.05) is 12.4 Å². The van der Waals surface area contributed by atoms with E-state index < -0.39 is 11.6 Å². The highest BCUT2D eigenvalue weighted by Gasteiger charge is 2.04. The van der Waals surface area contributed by atoms with Gasteiger partial charge in [-0.2, -0.15) is 0 Å². The van der Waals surface area contributed by atoms with Crippen LogP contribution in [0.4, 0.5) is 14.5 Å². The summed E-state index contributed by atoms with van der Waals surface area (Å²) in [4.78, 5) is 4.16. The third-order valence-corrected chi connectivity index (χ3v) is 2.38. The molecule has 18 heavy (non-hydrogen) atoms. The van der Waals surface area contributed by atoms with Crippen molar-refractivity contribution in [2.45, 2.75) is 6.54 Å². The molecule has 0 aliphatic rings. The molecule has 0 spiro atoms. The Hall–Kier alpha value is -2.17. The first-order valence-electron chi connectivity index (χ1n) is 5.38. The molecule has 1 heterocycles. The van der Waals surface area contributed by atoms with Gasteiger partial charge in [-0.25, -0.2) is 13.8 Å². The van der Waals surface area contributed by atoms with Crippen LogP contribution >= 0.6 is 0 Å². The van der Waals surface area contributed by atoms with Gasteiger partial charge >= 0.3 is 0 Å². The minimum Gasteiger partial charge on any atom is -0.481 e. The Kier molecular flexibility index (Phi) is 3.72. The molecule has 1 aromatic heterocycles. The van der Waals surface area contributed by atoms with Gasteiger partial charge in [-0.1, -0.05) is 6.07 Å². The van der Waals surface area contributed by atoms with Crippen LogP contribution in [0.15, 0.2) is 36.4 Å². The van der Waals surface area contributed by atoms with Crippen molar-refractivity contribution in [2.24, 2.45) is 0 Å². The van der Waals surface area contributed by atoms with Crippen LogP contribution in [0, 0.1) is 11.6 Å². The molecular weight excluding hydrogens is 238 g/mol. The monoisotopic (exact) mass is 250 g/mol. The van der Waals surface area contributed by atoms with E-state index in [1.165, 1.54) is 7.11 Å². The number of methoxy groups -OCH3 is 1. The number of ether oxygens (including phenoxy) is 1. The van der Waals surface area contributed by atoms with Crippen molar-refractivity contribution < 1.29 is 13.5 Å². The molecule has 0 unspecified atom stereocenters. The average Bonchev–Trinajstić information content (AvgIpc) is 2.40. The van der Waals surface area contributed by atoms with E-state index >= 15 is 0 Å². The summed E-state index contributed by atoms with van der Waals surface area (Å²) in [6, 6.07) is 8.53. The zero-order valence-electron chi connectivity index (χ0n) is 9.78. The number of rotatable bonds is 4. The third-order valence-electron chi connectivity index (χ3n) is 2.38. The van der Waals surface area contributed by atoms with Gasteiger partial charge in [0.2, 0.25) is 5.88 Å². The van der Waals surface area contributed by atoms with Crippen molar-refractivity contribution in [1.82, 2.24) is 4.98 Å². The van der Waals surface area contributed by atoms with Gasteiger partial charge in [0.05, 0.1) is 25.0 Å². The number of hydrogen-bond donors (Lipinski definition) is 1. The summed E-state index contributed by atoms with van der Waals surface area (Å²) < 4.78 is 31.3. The number of hydrogen-bond acceptors (Lipinski definition) is 3. The van der Waals surface area contributed by atoms with E-state index in [0.29, 0.717) is 11.6 Å². The molecule has 0 bridgehead atoms. The fourth-order valence-corrected chi connectivity index (χ4v) is 1.49. The minimum absolute atomic E-state index is 0.111. The number of benzene rings is 1. The molecule has 3 nitrogen and oxygen atoms in total. The lowest BCUT2D eigenvalue weighted by Crippen LogP contribution is -2.04. The summed E-state index contributed by atoms with van der Waals surface area (Å²) in [5.74, 6) is -0.509. The molecule has 0 radical (unpaired) electrons. The maximum Gasteiger partial charge on any atom is 0.213 e. The SMILES string of the molecule is COc1cccc(CNc2cc(F)ccc2F)n1. The first kappa shape index (κ1) is 12.3. The van der Waals surface area contributed by atoms with E-state index in [-0.39, 0.29) is 12.2 Å². The van der Waals surface area contributed by atoms with Gasteiger partial charge in [0.25, 0.3) is 0 Å². The summed E-state index contributed by atoms with van der Waals surface area (Å²) in [6.07, 6.45) is 0. The Morgan fingerprint density at radius 3 is 2.83 bits per heavy atom. The zero-order valence-corrected chi connectivity index (χ0v) is 9.78. The molecule has 1 N–H and O–H groups in total. The highest BCUT2D eigenvalue weighted by molar-refractivity contribution is 5.45. The minimum atomic E-state index is -0.501. The lowest BCUT2D eigenvalue weighted by Gasteiger charge is -2.08. The Balaban J connectivity index is 2.08. The fraction of sp³-hybridized carbons (Fsp3) is 0.154. The molecule has 2 rings (SSSR count). The number of pyridine rings is 1. The van der Waals surface area contributed by atoms with Gasteiger partial charge in [-0.15, -0.1) is 0 Å². The summed E-state index contributed by atoms with van der Waals surface area (Å²) in [5, 5.41) is 2.79. The van der Waals surface area contributed by atoms with Crippen LogP contribution < -0.4 is 10.1 Å². The second kappa shape index (κ2) is 5.44. The molecule has 0 fully saturated rings. The van der Waals surface area contributed by atoms with Crippen LogP contribution in [0.3, 0.4) is 0 Å². The quantitative estimate of drug-likeness (QED) is 0.905. The number of halogens is 2. The maximum absolute atomic E-state index is 13.3. The highest BCUT2D eigenvalue weighted by Crippen LogP contribution is 2.16. The fourth-order valence-electron chi connectivity index (χ4n) is 1.49. The Bertz CT molecular complexity index is 546. The first-order valence-corrected chi connectivity index (χ1v) is 5.38. The molecule has 2 aromatic rings. The summed E-state index contributed by atoms with van der Waals surface area (Å²) >= 11 is 0. The van der Waals surface area contributed by atoms with Gasteiger partial charge in [0.15, 0.2) is 0 Å². The van der Waals surface area contributed by atoms with E-state index in [9.17, 15) is 8.78 Å². The normalized spacial score (nSPS) is 10.2. The number of nitrogens with zero attached hydrogens (tertiary/aromatic N) is 1. The van der Waals surface area contributed by atoms with Crippen LogP contribution in [0.5, 0.6) is 5.88 Å². The van der Waals surface area contributed by atoms with E-state index in [2.05, 4.69) is 10.3 Å². The Morgan fingerprint density at radius 2 is 2.06 bits per heavy atom. The largest absolute Gasteiger partial charge is 0.481 e. The third kappa shape index (κ3) is 2.94. The van der Waals surface area contributed by atoms with Gasteiger partial charge in [-0.3, -0.25) is 0 Å². The van der Waals surface area contributed by atoms with Crippen LogP contribution in [0.2, 0.25) is 0 Å².